The predicted molar refractivity (Wildman–Crippen MR) is 126 cm³/mol. The van der Waals surface area contributed by atoms with Gasteiger partial charge in [-0.25, -0.2) is 0 Å². The van der Waals surface area contributed by atoms with Crippen molar-refractivity contribution in [1.29, 1.82) is 0 Å². The van der Waals surface area contributed by atoms with Crippen LogP contribution in [0.3, 0.4) is 0 Å². The highest BCUT2D eigenvalue weighted by molar-refractivity contribution is 7.88. The smallest absolute Gasteiger partial charge is 0.508 e. The van der Waals surface area contributed by atoms with E-state index in [1.165, 1.54) is 37.8 Å². The minimum absolute atomic E-state index is 0.290. The molecular formula is C25H35F3O4S. The molecular weight excluding hydrogens is 453 g/mol. The Hall–Kier alpha value is -2.22. The zero-order chi connectivity index (χ0) is 25.1. The summed E-state index contributed by atoms with van der Waals surface area (Å²) in [5, 5.41) is 9.32. The number of phenolic OH excluding ortho intramolecular Hbond substituents is 1. The van der Waals surface area contributed by atoms with E-state index in [0.717, 1.165) is 43.2 Å². The lowest BCUT2D eigenvalue weighted by Gasteiger charge is -2.12. The van der Waals surface area contributed by atoms with Crippen LogP contribution in [-0.2, 0) is 23.0 Å². The second kappa shape index (κ2) is 13.5. The van der Waals surface area contributed by atoms with Crippen molar-refractivity contribution in [2.45, 2.75) is 84.6 Å². The van der Waals surface area contributed by atoms with Crippen molar-refractivity contribution >= 4 is 10.1 Å². The third kappa shape index (κ3) is 10.1. The summed E-state index contributed by atoms with van der Waals surface area (Å²) in [5.74, 6) is 0.112. The van der Waals surface area contributed by atoms with E-state index in [-0.39, 0.29) is 5.75 Å². The van der Waals surface area contributed by atoms with Gasteiger partial charge >= 0.3 is 15.6 Å². The fraction of sp³-hybridized carbons (Fsp3) is 0.520. The van der Waals surface area contributed by atoms with Crippen LogP contribution in [-0.4, -0.2) is 19.0 Å². The van der Waals surface area contributed by atoms with E-state index in [4.69, 9.17) is 0 Å². The van der Waals surface area contributed by atoms with Crippen LogP contribution in [0.1, 0.15) is 74.6 Å². The van der Waals surface area contributed by atoms with Crippen LogP contribution in [0.4, 0.5) is 13.2 Å². The fourth-order valence-corrected chi connectivity index (χ4v) is 3.68. The van der Waals surface area contributed by atoms with E-state index in [0.29, 0.717) is 11.3 Å². The highest BCUT2D eigenvalue weighted by Crippen LogP contribution is 2.29. The standard InChI is InChI=1S/C13H17F3O3S.C12H18O/c1-3-4-5-6-11-7-8-12(10(2)9-11)19-20(17,18)13(14,15)16;1-3-4-5-6-11-7-8-12(13)10(2)9-11/h7-9H,3-6H2,1-2H3;7-9,13H,3-6H2,1-2H3. The lowest BCUT2D eigenvalue weighted by Crippen LogP contribution is -2.28. The number of alkyl halides is 3. The summed E-state index contributed by atoms with van der Waals surface area (Å²) in [6, 6.07) is 10.4. The SMILES string of the molecule is CCCCCc1ccc(O)c(C)c1.CCCCCc1ccc(OS(=O)(=O)C(F)(F)F)c(C)c1. The van der Waals surface area contributed by atoms with Crippen LogP contribution in [0.25, 0.3) is 0 Å². The second-order valence-electron chi connectivity index (χ2n) is 8.12. The molecule has 0 unspecified atom stereocenters. The summed E-state index contributed by atoms with van der Waals surface area (Å²) in [4.78, 5) is 0. The van der Waals surface area contributed by atoms with E-state index < -0.39 is 15.6 Å². The van der Waals surface area contributed by atoms with Gasteiger partial charge in [0.2, 0.25) is 0 Å². The van der Waals surface area contributed by atoms with Gasteiger partial charge in [0.05, 0.1) is 0 Å². The first kappa shape index (κ1) is 28.8. The topological polar surface area (TPSA) is 63.6 Å². The number of rotatable bonds is 10. The second-order valence-corrected chi connectivity index (χ2v) is 9.66. The third-order valence-electron chi connectivity index (χ3n) is 5.12. The Labute approximate surface area is 195 Å². The Morgan fingerprint density at radius 3 is 1.73 bits per heavy atom. The van der Waals surface area contributed by atoms with Crippen molar-refractivity contribution < 1.29 is 30.9 Å². The molecule has 0 aliphatic carbocycles. The summed E-state index contributed by atoms with van der Waals surface area (Å²) in [7, 11) is -5.61. The molecule has 2 aromatic carbocycles. The normalized spacial score (nSPS) is 11.6. The summed E-state index contributed by atoms with van der Waals surface area (Å²) in [5.41, 5.74) is -1.78. The Morgan fingerprint density at radius 1 is 0.818 bits per heavy atom. The van der Waals surface area contributed by atoms with Crippen molar-refractivity contribution in [3.8, 4) is 11.5 Å². The Kier molecular flexibility index (Phi) is 11.8. The van der Waals surface area contributed by atoms with Crippen LogP contribution in [0, 0.1) is 13.8 Å². The van der Waals surface area contributed by atoms with Gasteiger partial charge < -0.3 is 9.29 Å². The van der Waals surface area contributed by atoms with E-state index in [9.17, 15) is 26.7 Å². The van der Waals surface area contributed by atoms with Crippen molar-refractivity contribution in [1.82, 2.24) is 0 Å². The van der Waals surface area contributed by atoms with Crippen molar-refractivity contribution in [3.05, 3.63) is 58.7 Å². The molecule has 1 N–H and O–H groups in total. The van der Waals surface area contributed by atoms with E-state index in [1.807, 2.05) is 13.0 Å². The highest BCUT2D eigenvalue weighted by atomic mass is 32.2. The Bertz CT molecular complexity index is 970. The summed E-state index contributed by atoms with van der Waals surface area (Å²) >= 11 is 0. The molecule has 0 aromatic heterocycles. The molecule has 0 amide bonds. The Morgan fingerprint density at radius 2 is 1.30 bits per heavy atom. The molecule has 0 spiro atoms. The zero-order valence-electron chi connectivity index (χ0n) is 19.8. The number of benzene rings is 2. The average molecular weight is 489 g/mol. The van der Waals surface area contributed by atoms with Gasteiger partial charge in [-0.3, -0.25) is 0 Å². The summed E-state index contributed by atoms with van der Waals surface area (Å²) < 4.78 is 62.6. The van der Waals surface area contributed by atoms with E-state index in [2.05, 4.69) is 24.1 Å². The molecule has 0 radical (unpaired) electrons. The first-order valence-electron chi connectivity index (χ1n) is 11.3. The van der Waals surface area contributed by atoms with Gasteiger partial charge in [0.15, 0.2) is 0 Å². The molecule has 0 aliphatic heterocycles. The largest absolute Gasteiger partial charge is 0.534 e. The summed E-state index contributed by atoms with van der Waals surface area (Å²) in [6.07, 6.45) is 8.87. The minimum atomic E-state index is -5.61. The van der Waals surface area contributed by atoms with Crippen LogP contribution in [0.2, 0.25) is 0 Å². The average Bonchev–Trinajstić information content (AvgIpc) is 2.72. The van der Waals surface area contributed by atoms with Gasteiger partial charge in [-0.2, -0.15) is 21.6 Å². The van der Waals surface area contributed by atoms with Gasteiger partial charge in [0.1, 0.15) is 11.5 Å². The molecule has 0 heterocycles. The zero-order valence-corrected chi connectivity index (χ0v) is 20.7. The number of phenols is 1. The van der Waals surface area contributed by atoms with Crippen LogP contribution >= 0.6 is 0 Å². The maximum atomic E-state index is 12.2. The van der Waals surface area contributed by atoms with Crippen molar-refractivity contribution in [2.75, 3.05) is 0 Å². The van der Waals surface area contributed by atoms with Gasteiger partial charge in [-0.15, -0.1) is 0 Å². The number of unbranched alkanes of at least 4 members (excludes halogenated alkanes) is 4. The van der Waals surface area contributed by atoms with Crippen LogP contribution < -0.4 is 4.18 Å². The molecule has 33 heavy (non-hydrogen) atoms. The first-order chi connectivity index (χ1) is 15.4. The molecule has 0 aliphatic rings. The Balaban J connectivity index is 0.000000361. The molecule has 8 heteroatoms. The maximum absolute atomic E-state index is 12.2. The molecule has 2 rings (SSSR count). The molecule has 0 bridgehead atoms. The fourth-order valence-electron chi connectivity index (χ4n) is 3.16. The van der Waals surface area contributed by atoms with Gasteiger partial charge in [0, 0.05) is 0 Å². The van der Waals surface area contributed by atoms with Gasteiger partial charge in [-0.05, 0) is 73.9 Å². The lowest BCUT2D eigenvalue weighted by atomic mass is 10.0. The predicted octanol–water partition coefficient (Wildman–Crippen LogP) is 7.39. The number of hydrogen-bond acceptors (Lipinski definition) is 4. The number of aromatic hydroxyl groups is 1. The molecule has 0 saturated carbocycles. The molecule has 2 aromatic rings. The number of hydrogen-bond donors (Lipinski definition) is 1. The van der Waals surface area contributed by atoms with Gasteiger partial charge in [-0.1, -0.05) is 63.8 Å². The van der Waals surface area contributed by atoms with E-state index >= 15 is 0 Å². The first-order valence-corrected chi connectivity index (χ1v) is 12.7. The maximum Gasteiger partial charge on any atom is 0.534 e. The van der Waals surface area contributed by atoms with Crippen LogP contribution in [0.5, 0.6) is 11.5 Å². The third-order valence-corrected chi connectivity index (χ3v) is 6.09. The van der Waals surface area contributed by atoms with Crippen molar-refractivity contribution in [3.63, 3.8) is 0 Å². The molecule has 0 atom stereocenters. The van der Waals surface area contributed by atoms with E-state index in [1.54, 1.807) is 18.2 Å². The summed E-state index contributed by atoms with van der Waals surface area (Å²) in [6.45, 7) is 7.75. The van der Waals surface area contributed by atoms with Gasteiger partial charge in [0.25, 0.3) is 0 Å². The molecule has 186 valence electrons. The number of halogens is 3. The molecule has 0 saturated heterocycles. The quantitative estimate of drug-likeness (QED) is 0.215. The molecule has 0 fully saturated rings. The van der Waals surface area contributed by atoms with Crippen molar-refractivity contribution in [2.24, 2.45) is 0 Å². The van der Waals surface area contributed by atoms with Crippen LogP contribution in [0.15, 0.2) is 36.4 Å². The monoisotopic (exact) mass is 488 g/mol. The number of aryl methyl sites for hydroxylation is 4. The lowest BCUT2D eigenvalue weighted by molar-refractivity contribution is -0.0500. The highest BCUT2D eigenvalue weighted by Gasteiger charge is 2.48. The molecule has 4 nitrogen and oxygen atoms in total. The minimum Gasteiger partial charge on any atom is -0.508 e.